The predicted octanol–water partition coefficient (Wildman–Crippen LogP) is 2.83. The van der Waals surface area contributed by atoms with Gasteiger partial charge in [0.15, 0.2) is 11.0 Å². The first-order chi connectivity index (χ1) is 15.2. The van der Waals surface area contributed by atoms with E-state index in [2.05, 4.69) is 15.5 Å². The number of nitrogens with zero attached hydrogens (tertiary/aromatic N) is 4. The van der Waals surface area contributed by atoms with E-state index in [1.165, 1.54) is 16.1 Å². The highest BCUT2D eigenvalue weighted by Crippen LogP contribution is 2.23. The van der Waals surface area contributed by atoms with Crippen molar-refractivity contribution < 1.29 is 17.9 Å². The van der Waals surface area contributed by atoms with Gasteiger partial charge in [-0.05, 0) is 31.2 Å². The van der Waals surface area contributed by atoms with Crippen LogP contribution in [0.2, 0.25) is 0 Å². The number of aromatic nitrogens is 3. The maximum Gasteiger partial charge on any atom is 0.234 e. The molecule has 32 heavy (non-hydrogen) atoms. The second-order valence-electron chi connectivity index (χ2n) is 7.13. The van der Waals surface area contributed by atoms with Gasteiger partial charge < -0.3 is 14.6 Å². The van der Waals surface area contributed by atoms with Gasteiger partial charge in [-0.2, -0.15) is 0 Å². The molecule has 3 aromatic rings. The van der Waals surface area contributed by atoms with Gasteiger partial charge in [0, 0.05) is 18.8 Å². The first-order valence-corrected chi connectivity index (χ1v) is 12.5. The molecule has 0 bridgehead atoms. The highest BCUT2D eigenvalue weighted by atomic mass is 32.2. The van der Waals surface area contributed by atoms with Crippen molar-refractivity contribution in [2.45, 2.75) is 18.6 Å². The summed E-state index contributed by atoms with van der Waals surface area (Å²) in [5.41, 5.74) is 2.22. The van der Waals surface area contributed by atoms with E-state index in [0.29, 0.717) is 28.1 Å². The van der Waals surface area contributed by atoms with Crippen LogP contribution in [0.5, 0.6) is 5.75 Å². The summed E-state index contributed by atoms with van der Waals surface area (Å²) in [6, 6.07) is 14.3. The third-order valence-corrected chi connectivity index (χ3v) is 6.78. The Balaban J connectivity index is 1.67. The maximum absolute atomic E-state index is 12.4. The lowest BCUT2D eigenvalue weighted by atomic mass is 10.2. The average Bonchev–Trinajstić information content (AvgIpc) is 3.10. The van der Waals surface area contributed by atoms with Crippen molar-refractivity contribution in [1.29, 1.82) is 0 Å². The van der Waals surface area contributed by atoms with Gasteiger partial charge in [-0.1, -0.05) is 35.5 Å². The fourth-order valence-electron chi connectivity index (χ4n) is 2.88. The number of anilines is 2. The van der Waals surface area contributed by atoms with Gasteiger partial charge in [-0.15, -0.1) is 10.2 Å². The van der Waals surface area contributed by atoms with Gasteiger partial charge in [0.1, 0.15) is 5.75 Å². The van der Waals surface area contributed by atoms with Gasteiger partial charge in [0.05, 0.1) is 31.4 Å². The van der Waals surface area contributed by atoms with Crippen molar-refractivity contribution >= 4 is 39.1 Å². The number of sulfonamides is 1. The Bertz CT molecular complexity index is 1190. The second-order valence-corrected chi connectivity index (χ2v) is 9.98. The van der Waals surface area contributed by atoms with Crippen LogP contribution in [0.1, 0.15) is 11.4 Å². The summed E-state index contributed by atoms with van der Waals surface area (Å²) >= 11 is 1.22. The van der Waals surface area contributed by atoms with E-state index in [0.717, 1.165) is 11.8 Å². The number of carbonyl (C=O) groups is 1. The molecule has 0 saturated heterocycles. The van der Waals surface area contributed by atoms with Crippen LogP contribution in [0, 0.1) is 6.92 Å². The Kier molecular flexibility index (Phi) is 7.41. The van der Waals surface area contributed by atoms with Crippen LogP contribution in [0.25, 0.3) is 0 Å². The number of aryl methyl sites for hydroxylation is 1. The minimum atomic E-state index is -3.53. The summed E-state index contributed by atoms with van der Waals surface area (Å²) in [7, 11) is -0.227. The number of amides is 1. The number of hydrogen-bond donors (Lipinski definition) is 1. The lowest BCUT2D eigenvalue weighted by molar-refractivity contribution is -0.113. The lowest BCUT2D eigenvalue weighted by Crippen LogP contribution is -2.30. The molecular weight excluding hydrogens is 450 g/mol. The van der Waals surface area contributed by atoms with Crippen molar-refractivity contribution in [3.05, 3.63) is 59.9 Å². The third kappa shape index (κ3) is 6.01. The Morgan fingerprint density at radius 2 is 1.91 bits per heavy atom. The van der Waals surface area contributed by atoms with Crippen molar-refractivity contribution in [3.8, 4) is 5.75 Å². The van der Waals surface area contributed by atoms with Crippen LogP contribution >= 0.6 is 11.8 Å². The van der Waals surface area contributed by atoms with E-state index in [-0.39, 0.29) is 18.2 Å². The smallest absolute Gasteiger partial charge is 0.234 e. The van der Waals surface area contributed by atoms with E-state index in [1.54, 1.807) is 55.1 Å². The molecule has 11 heteroatoms. The summed E-state index contributed by atoms with van der Waals surface area (Å²) in [5.74, 6) is 1.03. The number of benzene rings is 2. The van der Waals surface area contributed by atoms with Gasteiger partial charge in [0.25, 0.3) is 0 Å². The molecule has 9 nitrogen and oxygen atoms in total. The summed E-state index contributed by atoms with van der Waals surface area (Å²) in [5, 5.41) is 11.6. The molecule has 0 spiro atoms. The normalized spacial score (nSPS) is 11.2. The molecule has 0 atom stereocenters. The van der Waals surface area contributed by atoms with Crippen LogP contribution < -0.4 is 14.4 Å². The number of thioether (sulfide) groups is 1. The van der Waals surface area contributed by atoms with Gasteiger partial charge in [0.2, 0.25) is 15.9 Å². The third-order valence-electron chi connectivity index (χ3n) is 4.62. The molecule has 2 aromatic carbocycles. The van der Waals surface area contributed by atoms with Crippen molar-refractivity contribution in [2.75, 3.05) is 28.7 Å². The van der Waals surface area contributed by atoms with Crippen LogP contribution in [-0.4, -0.2) is 48.2 Å². The minimum Gasteiger partial charge on any atom is -0.497 e. The Labute approximate surface area is 191 Å². The standard InChI is InChI=1S/C21H25N5O4S2/c1-15-8-10-17(11-9-15)26(32(4,28)29)13-19-23-24-21(25(19)2)31-14-20(27)22-16-6-5-7-18(12-16)30-3/h5-12H,13-14H2,1-4H3,(H,22,27). The summed E-state index contributed by atoms with van der Waals surface area (Å²) in [4.78, 5) is 12.3. The lowest BCUT2D eigenvalue weighted by Gasteiger charge is -2.22. The zero-order valence-corrected chi connectivity index (χ0v) is 19.9. The first kappa shape index (κ1) is 23.6. The Morgan fingerprint density at radius 3 is 2.56 bits per heavy atom. The molecule has 170 valence electrons. The Hall–Kier alpha value is -3.05. The zero-order valence-electron chi connectivity index (χ0n) is 18.3. The molecule has 0 saturated carbocycles. The summed E-state index contributed by atoms with van der Waals surface area (Å²) in [6.45, 7) is 1.97. The predicted molar refractivity (Wildman–Crippen MR) is 126 cm³/mol. The number of nitrogens with one attached hydrogen (secondary N) is 1. The van der Waals surface area contributed by atoms with Crippen LogP contribution in [-0.2, 0) is 28.4 Å². The first-order valence-electron chi connectivity index (χ1n) is 9.66. The van der Waals surface area contributed by atoms with Crippen LogP contribution in [0.15, 0.2) is 53.7 Å². The molecule has 0 aliphatic heterocycles. The van der Waals surface area contributed by atoms with Gasteiger partial charge >= 0.3 is 0 Å². The van der Waals surface area contributed by atoms with E-state index in [1.807, 2.05) is 19.1 Å². The maximum atomic E-state index is 12.4. The molecule has 1 aromatic heterocycles. The highest BCUT2D eigenvalue weighted by Gasteiger charge is 2.21. The minimum absolute atomic E-state index is 0.0297. The molecule has 1 heterocycles. The van der Waals surface area contributed by atoms with Crippen molar-refractivity contribution in [2.24, 2.45) is 7.05 Å². The molecule has 3 rings (SSSR count). The van der Waals surface area contributed by atoms with Gasteiger partial charge in [-0.25, -0.2) is 8.42 Å². The van der Waals surface area contributed by atoms with Gasteiger partial charge in [-0.3, -0.25) is 9.10 Å². The van der Waals surface area contributed by atoms with Crippen molar-refractivity contribution in [1.82, 2.24) is 14.8 Å². The summed E-state index contributed by atoms with van der Waals surface area (Å²) < 4.78 is 32.9. The molecule has 0 fully saturated rings. The van der Waals surface area contributed by atoms with Crippen LogP contribution in [0.3, 0.4) is 0 Å². The Morgan fingerprint density at radius 1 is 1.19 bits per heavy atom. The topological polar surface area (TPSA) is 106 Å². The SMILES string of the molecule is COc1cccc(NC(=O)CSc2nnc(CN(c3ccc(C)cc3)S(C)(=O)=O)n2C)c1. The quantitative estimate of drug-likeness (QED) is 0.474. The van der Waals surface area contributed by atoms with E-state index >= 15 is 0 Å². The molecule has 1 N–H and O–H groups in total. The van der Waals surface area contributed by atoms with E-state index < -0.39 is 10.0 Å². The monoisotopic (exact) mass is 475 g/mol. The molecule has 0 aliphatic carbocycles. The average molecular weight is 476 g/mol. The molecule has 0 radical (unpaired) electrons. The largest absolute Gasteiger partial charge is 0.497 e. The van der Waals surface area contributed by atoms with Crippen molar-refractivity contribution in [3.63, 3.8) is 0 Å². The molecule has 0 unspecified atom stereocenters. The second kappa shape index (κ2) is 10.0. The summed E-state index contributed by atoms with van der Waals surface area (Å²) in [6.07, 6.45) is 1.15. The highest BCUT2D eigenvalue weighted by molar-refractivity contribution is 7.99. The van der Waals surface area contributed by atoms with E-state index in [9.17, 15) is 13.2 Å². The number of rotatable bonds is 9. The number of carbonyl (C=O) groups excluding carboxylic acids is 1. The number of ether oxygens (including phenoxy) is 1. The molecule has 0 aliphatic rings. The number of hydrogen-bond acceptors (Lipinski definition) is 7. The fourth-order valence-corrected chi connectivity index (χ4v) is 4.46. The van der Waals surface area contributed by atoms with E-state index in [4.69, 9.17) is 4.74 Å². The van der Waals surface area contributed by atoms with Crippen LogP contribution in [0.4, 0.5) is 11.4 Å². The zero-order chi connectivity index (χ0) is 23.3. The molecular formula is C21H25N5O4S2. The number of methoxy groups -OCH3 is 1. The fraction of sp³-hybridized carbons (Fsp3) is 0.286. The molecule has 1 amide bonds.